The maximum Gasteiger partial charge on any atom is 0.422 e. The zero-order valence-electron chi connectivity index (χ0n) is 7.44. The zero-order chi connectivity index (χ0) is 11.5. The molecular weight excluding hydrogens is 341 g/mol. The van der Waals surface area contributed by atoms with Crippen LogP contribution < -0.4 is 4.74 Å². The molecule has 0 N–H and O–H groups in total. The largest absolute Gasteiger partial charge is 0.484 e. The Morgan fingerprint density at radius 3 is 2.47 bits per heavy atom. The molecule has 15 heavy (non-hydrogen) atoms. The van der Waals surface area contributed by atoms with Crippen molar-refractivity contribution in [2.75, 3.05) is 6.61 Å². The van der Waals surface area contributed by atoms with Crippen LogP contribution in [0.15, 0.2) is 22.7 Å². The van der Waals surface area contributed by atoms with Crippen molar-refractivity contribution in [2.45, 2.75) is 11.5 Å². The van der Waals surface area contributed by atoms with Crippen LogP contribution in [0.1, 0.15) is 5.56 Å². The SMILES string of the molecule is FC(F)(F)COc1ccc(Br)c(CBr)c1. The molecule has 84 valence electrons. The summed E-state index contributed by atoms with van der Waals surface area (Å²) in [7, 11) is 0. The lowest BCUT2D eigenvalue weighted by atomic mass is 10.2. The lowest BCUT2D eigenvalue weighted by molar-refractivity contribution is -0.153. The topological polar surface area (TPSA) is 9.23 Å². The second-order valence-electron chi connectivity index (χ2n) is 2.79. The van der Waals surface area contributed by atoms with Crippen molar-refractivity contribution in [1.82, 2.24) is 0 Å². The molecule has 0 aromatic heterocycles. The van der Waals surface area contributed by atoms with Gasteiger partial charge in [-0.1, -0.05) is 31.9 Å². The Labute approximate surface area is 102 Å². The smallest absolute Gasteiger partial charge is 0.422 e. The second kappa shape index (κ2) is 5.21. The monoisotopic (exact) mass is 346 g/mol. The van der Waals surface area contributed by atoms with Crippen LogP contribution in [0.3, 0.4) is 0 Å². The number of alkyl halides is 4. The Balaban J connectivity index is 2.70. The quantitative estimate of drug-likeness (QED) is 0.741. The van der Waals surface area contributed by atoms with Crippen molar-refractivity contribution in [3.05, 3.63) is 28.2 Å². The molecule has 1 aromatic rings. The molecule has 0 radical (unpaired) electrons. The maximum atomic E-state index is 11.9. The maximum absolute atomic E-state index is 11.9. The van der Waals surface area contributed by atoms with E-state index in [1.807, 2.05) is 0 Å². The molecule has 6 heteroatoms. The standard InChI is InChI=1S/C9H7Br2F3O/c10-4-6-3-7(1-2-8(6)11)15-5-9(12,13)14/h1-3H,4-5H2. The van der Waals surface area contributed by atoms with Gasteiger partial charge in [-0.25, -0.2) is 0 Å². The van der Waals surface area contributed by atoms with Gasteiger partial charge in [-0.05, 0) is 23.8 Å². The summed E-state index contributed by atoms with van der Waals surface area (Å²) >= 11 is 6.50. The van der Waals surface area contributed by atoms with Crippen molar-refractivity contribution in [3.63, 3.8) is 0 Å². The molecule has 0 aliphatic carbocycles. The number of ether oxygens (including phenoxy) is 1. The Kier molecular flexibility index (Phi) is 4.45. The van der Waals surface area contributed by atoms with Crippen molar-refractivity contribution >= 4 is 31.9 Å². The summed E-state index contributed by atoms with van der Waals surface area (Å²) in [6.45, 7) is -1.27. The predicted molar refractivity (Wildman–Crippen MR) is 58.3 cm³/mol. The fourth-order valence-electron chi connectivity index (χ4n) is 0.908. The van der Waals surface area contributed by atoms with Crippen molar-refractivity contribution in [2.24, 2.45) is 0 Å². The molecule has 1 nitrogen and oxygen atoms in total. The van der Waals surface area contributed by atoms with Crippen LogP contribution >= 0.6 is 31.9 Å². The van der Waals surface area contributed by atoms with Crippen LogP contribution in [0.25, 0.3) is 0 Å². The molecule has 0 heterocycles. The normalized spacial score (nSPS) is 11.5. The molecule has 0 aliphatic heterocycles. The number of hydrogen-bond acceptors (Lipinski definition) is 1. The van der Waals surface area contributed by atoms with E-state index in [4.69, 9.17) is 0 Å². The van der Waals surface area contributed by atoms with Crippen LogP contribution in [0.2, 0.25) is 0 Å². The first-order valence-corrected chi connectivity index (χ1v) is 5.88. The van der Waals surface area contributed by atoms with Gasteiger partial charge in [0.15, 0.2) is 6.61 Å². The first kappa shape index (κ1) is 12.8. The third-order valence-corrected chi connectivity index (χ3v) is 2.94. The van der Waals surface area contributed by atoms with Gasteiger partial charge in [-0.2, -0.15) is 13.2 Å². The van der Waals surface area contributed by atoms with E-state index >= 15 is 0 Å². The highest BCUT2D eigenvalue weighted by molar-refractivity contribution is 9.10. The summed E-state index contributed by atoms with van der Waals surface area (Å²) in [6.07, 6.45) is -4.30. The van der Waals surface area contributed by atoms with Gasteiger partial charge in [0.1, 0.15) is 5.75 Å². The fraction of sp³-hybridized carbons (Fsp3) is 0.333. The molecule has 0 bridgehead atoms. The van der Waals surface area contributed by atoms with Crippen LogP contribution in [-0.4, -0.2) is 12.8 Å². The van der Waals surface area contributed by atoms with Crippen molar-refractivity contribution in [3.8, 4) is 5.75 Å². The van der Waals surface area contributed by atoms with E-state index in [-0.39, 0.29) is 5.75 Å². The van der Waals surface area contributed by atoms with E-state index in [1.165, 1.54) is 6.07 Å². The summed E-state index contributed by atoms with van der Waals surface area (Å²) < 4.78 is 41.0. The molecule has 0 saturated heterocycles. The average molecular weight is 348 g/mol. The van der Waals surface area contributed by atoms with Gasteiger partial charge in [-0.3, -0.25) is 0 Å². The third kappa shape index (κ3) is 4.42. The number of hydrogen-bond donors (Lipinski definition) is 0. The van der Waals surface area contributed by atoms with Crippen LogP contribution in [0.5, 0.6) is 5.75 Å². The molecule has 0 unspecified atom stereocenters. The fourth-order valence-corrected chi connectivity index (χ4v) is 2.14. The molecule has 1 aromatic carbocycles. The highest BCUT2D eigenvalue weighted by atomic mass is 79.9. The molecule has 0 aliphatic rings. The van der Waals surface area contributed by atoms with Crippen molar-refractivity contribution < 1.29 is 17.9 Å². The molecule has 0 amide bonds. The Morgan fingerprint density at radius 1 is 1.27 bits per heavy atom. The van der Waals surface area contributed by atoms with Gasteiger partial charge >= 0.3 is 6.18 Å². The molecule has 0 saturated carbocycles. The Morgan fingerprint density at radius 2 is 1.93 bits per heavy atom. The van der Waals surface area contributed by atoms with Gasteiger partial charge in [0.2, 0.25) is 0 Å². The summed E-state index contributed by atoms with van der Waals surface area (Å²) in [5, 5.41) is 0.552. The third-order valence-electron chi connectivity index (χ3n) is 1.56. The molecule has 1 rings (SSSR count). The minimum atomic E-state index is -4.30. The second-order valence-corrected chi connectivity index (χ2v) is 4.21. The first-order chi connectivity index (χ1) is 6.92. The average Bonchev–Trinajstić information content (AvgIpc) is 2.15. The summed E-state index contributed by atoms with van der Waals surface area (Å²) in [4.78, 5) is 0. The molecule has 0 fully saturated rings. The van der Waals surface area contributed by atoms with Crippen LogP contribution in [0, 0.1) is 0 Å². The van der Waals surface area contributed by atoms with Crippen molar-refractivity contribution in [1.29, 1.82) is 0 Å². The highest BCUT2D eigenvalue weighted by Crippen LogP contribution is 2.25. The van der Waals surface area contributed by atoms with E-state index < -0.39 is 12.8 Å². The summed E-state index contributed by atoms with van der Waals surface area (Å²) in [5.74, 6) is 0.213. The minimum absolute atomic E-state index is 0.213. The Hall–Kier alpha value is -0.230. The number of benzene rings is 1. The van der Waals surface area contributed by atoms with E-state index in [1.54, 1.807) is 12.1 Å². The van der Waals surface area contributed by atoms with Crippen LogP contribution in [0.4, 0.5) is 13.2 Å². The molecule has 0 atom stereocenters. The van der Waals surface area contributed by atoms with Gasteiger partial charge in [0.05, 0.1) is 0 Å². The first-order valence-electron chi connectivity index (χ1n) is 3.96. The van der Waals surface area contributed by atoms with Gasteiger partial charge in [-0.15, -0.1) is 0 Å². The molecule has 0 spiro atoms. The van der Waals surface area contributed by atoms with E-state index in [0.29, 0.717) is 5.33 Å². The van der Waals surface area contributed by atoms with Gasteiger partial charge < -0.3 is 4.74 Å². The van der Waals surface area contributed by atoms with Crippen LogP contribution in [-0.2, 0) is 5.33 Å². The zero-order valence-corrected chi connectivity index (χ0v) is 10.6. The van der Waals surface area contributed by atoms with Gasteiger partial charge in [0, 0.05) is 9.80 Å². The molecular formula is C9H7Br2F3O. The highest BCUT2D eigenvalue weighted by Gasteiger charge is 2.28. The summed E-state index contributed by atoms with van der Waals surface area (Å²) in [6, 6.07) is 4.70. The predicted octanol–water partition coefficient (Wildman–Crippen LogP) is 4.29. The lowest BCUT2D eigenvalue weighted by Crippen LogP contribution is -2.19. The number of rotatable bonds is 3. The Bertz CT molecular complexity index is 339. The number of halogens is 5. The van der Waals surface area contributed by atoms with E-state index in [9.17, 15) is 13.2 Å². The van der Waals surface area contributed by atoms with E-state index in [0.717, 1.165) is 10.0 Å². The minimum Gasteiger partial charge on any atom is -0.484 e. The lowest BCUT2D eigenvalue weighted by Gasteiger charge is -2.10. The summed E-state index contributed by atoms with van der Waals surface area (Å²) in [5.41, 5.74) is 0.842. The van der Waals surface area contributed by atoms with E-state index in [2.05, 4.69) is 36.6 Å². The van der Waals surface area contributed by atoms with Gasteiger partial charge in [0.25, 0.3) is 0 Å².